The van der Waals surface area contributed by atoms with Gasteiger partial charge in [-0.2, -0.15) is 11.3 Å². The third-order valence-electron chi connectivity index (χ3n) is 4.62. The Morgan fingerprint density at radius 2 is 2.00 bits per heavy atom. The summed E-state index contributed by atoms with van der Waals surface area (Å²) in [6, 6.07) is 6.15. The van der Waals surface area contributed by atoms with Crippen LogP contribution in [0.3, 0.4) is 0 Å². The van der Waals surface area contributed by atoms with E-state index in [4.69, 9.17) is 27.9 Å². The van der Waals surface area contributed by atoms with Crippen molar-refractivity contribution in [1.29, 1.82) is 0 Å². The Morgan fingerprint density at radius 1 is 1.17 bits per heavy atom. The van der Waals surface area contributed by atoms with E-state index in [0.29, 0.717) is 15.7 Å². The molecule has 1 aliphatic rings. The zero-order valence-electron chi connectivity index (χ0n) is 14.8. The molecule has 3 heterocycles. The summed E-state index contributed by atoms with van der Waals surface area (Å²) in [7, 11) is 0. The lowest BCUT2D eigenvalue weighted by molar-refractivity contribution is -0.178. The maximum absolute atomic E-state index is 11.0. The van der Waals surface area contributed by atoms with E-state index in [-0.39, 0.29) is 0 Å². The van der Waals surface area contributed by atoms with Crippen LogP contribution in [0.2, 0.25) is 10.0 Å². The van der Waals surface area contributed by atoms with Crippen molar-refractivity contribution < 1.29 is 20.1 Å². The highest BCUT2D eigenvalue weighted by molar-refractivity contribution is 7.99. The molecule has 2 aromatic heterocycles. The lowest BCUT2D eigenvalue weighted by atomic mass is 9.97. The predicted molar refractivity (Wildman–Crippen MR) is 112 cm³/mol. The van der Waals surface area contributed by atoms with Crippen molar-refractivity contribution in [3.8, 4) is 11.3 Å². The second-order valence-corrected chi connectivity index (χ2v) is 9.25. The largest absolute Gasteiger partial charge is 0.394 e. The summed E-state index contributed by atoms with van der Waals surface area (Å²) in [6.07, 6.45) is -1.51. The summed E-state index contributed by atoms with van der Waals surface area (Å²) >= 11 is 14.8. The molecule has 11 heteroatoms. The number of halogens is 2. The molecule has 0 bridgehead atoms. The van der Waals surface area contributed by atoms with E-state index in [0.717, 1.165) is 10.5 Å². The number of aromatic nitrogens is 3. The monoisotopic (exact) mass is 473 g/mol. The predicted octanol–water partition coefficient (Wildman–Crippen LogP) is 3.09. The molecule has 1 fully saturated rings. The van der Waals surface area contributed by atoms with Crippen molar-refractivity contribution in [2.24, 2.45) is 0 Å². The average molecular weight is 474 g/mol. The van der Waals surface area contributed by atoms with Crippen molar-refractivity contribution in [3.05, 3.63) is 51.3 Å². The molecule has 5 atom stereocenters. The van der Waals surface area contributed by atoms with E-state index in [1.807, 2.05) is 16.8 Å². The fourth-order valence-corrected chi connectivity index (χ4v) is 5.24. The fourth-order valence-electron chi connectivity index (χ4n) is 3.13. The van der Waals surface area contributed by atoms with Crippen molar-refractivity contribution in [1.82, 2.24) is 15.0 Å². The van der Waals surface area contributed by atoms with E-state index >= 15 is 0 Å². The summed E-state index contributed by atoms with van der Waals surface area (Å²) in [4.78, 5) is 0.729. The first-order valence-electron chi connectivity index (χ1n) is 8.66. The summed E-state index contributed by atoms with van der Waals surface area (Å²) in [5.41, 5.74) is 0.760. The number of hydrogen-bond acceptors (Lipinski definition) is 8. The fraction of sp³-hybridized carbons (Fsp3) is 0.333. The number of nitrogens with zero attached hydrogens (tertiary/aromatic N) is 3. The smallest absolute Gasteiger partial charge is 0.136 e. The second kappa shape index (κ2) is 8.91. The van der Waals surface area contributed by atoms with Crippen molar-refractivity contribution in [2.75, 3.05) is 6.61 Å². The highest BCUT2D eigenvalue weighted by Gasteiger charge is 2.46. The standard InChI is InChI=1S/C18H17Cl2N3O4S2/c19-11-2-1-10(5-12(11)20)29-18-17(26)15(16(25)14(7-24)27-18)23-6-13(21-22-23)9-3-4-28-8-9/h1-6,8,14-18,24-26H,7H2/t14-,15+,16+,17-,18-/m1/s1. The number of benzene rings is 1. The molecule has 0 saturated carbocycles. The zero-order valence-corrected chi connectivity index (χ0v) is 17.9. The quantitative estimate of drug-likeness (QED) is 0.523. The van der Waals surface area contributed by atoms with Crippen LogP contribution in [0.25, 0.3) is 11.3 Å². The summed E-state index contributed by atoms with van der Waals surface area (Å²) in [5.74, 6) is 0. The van der Waals surface area contributed by atoms with E-state index in [2.05, 4.69) is 10.3 Å². The van der Waals surface area contributed by atoms with Gasteiger partial charge < -0.3 is 20.1 Å². The topological polar surface area (TPSA) is 101 Å². The Morgan fingerprint density at radius 3 is 2.69 bits per heavy atom. The van der Waals surface area contributed by atoms with Gasteiger partial charge in [-0.3, -0.25) is 0 Å². The first-order valence-corrected chi connectivity index (χ1v) is 11.2. The third kappa shape index (κ3) is 4.33. The minimum Gasteiger partial charge on any atom is -0.394 e. The molecule has 29 heavy (non-hydrogen) atoms. The number of hydrogen-bond donors (Lipinski definition) is 3. The van der Waals surface area contributed by atoms with Crippen LogP contribution in [0.1, 0.15) is 6.04 Å². The van der Waals surface area contributed by atoms with E-state index in [1.165, 1.54) is 27.8 Å². The van der Waals surface area contributed by atoms with Crippen LogP contribution < -0.4 is 0 Å². The molecule has 0 amide bonds. The molecule has 1 aromatic carbocycles. The molecule has 7 nitrogen and oxygen atoms in total. The molecular formula is C18H17Cl2N3O4S2. The van der Waals surface area contributed by atoms with Gasteiger partial charge in [0.15, 0.2) is 0 Å². The summed E-state index contributed by atoms with van der Waals surface area (Å²) in [6.45, 7) is -0.408. The highest BCUT2D eigenvalue weighted by Crippen LogP contribution is 2.39. The van der Waals surface area contributed by atoms with Gasteiger partial charge in [-0.1, -0.05) is 40.2 Å². The van der Waals surface area contributed by atoms with Gasteiger partial charge >= 0.3 is 0 Å². The SMILES string of the molecule is OC[C@H]1O[C@H](Sc2ccc(Cl)c(Cl)c2)[C@H](O)[C@@H](n2cc(-c3ccsc3)nn2)[C@H]1O. The number of thiophene rings is 1. The first-order chi connectivity index (χ1) is 14.0. The Balaban J connectivity index is 1.61. The lowest BCUT2D eigenvalue weighted by Gasteiger charge is -2.41. The molecule has 1 saturated heterocycles. The molecular weight excluding hydrogens is 457 g/mol. The van der Waals surface area contributed by atoms with Crippen LogP contribution >= 0.6 is 46.3 Å². The zero-order chi connectivity index (χ0) is 20.5. The van der Waals surface area contributed by atoms with E-state index in [9.17, 15) is 15.3 Å². The van der Waals surface area contributed by atoms with Gasteiger partial charge in [-0.05, 0) is 29.6 Å². The van der Waals surface area contributed by atoms with Gasteiger partial charge in [0, 0.05) is 15.8 Å². The van der Waals surface area contributed by atoms with Crippen molar-refractivity contribution in [2.45, 2.75) is 34.7 Å². The van der Waals surface area contributed by atoms with Gasteiger partial charge in [0.05, 0.1) is 22.8 Å². The molecule has 0 spiro atoms. The van der Waals surface area contributed by atoms with Crippen LogP contribution in [0.5, 0.6) is 0 Å². The Hall–Kier alpha value is -1.17. The normalized spacial score (nSPS) is 27.3. The van der Waals surface area contributed by atoms with Gasteiger partial charge in [-0.15, -0.1) is 5.10 Å². The van der Waals surface area contributed by atoms with Crippen LogP contribution in [-0.4, -0.2) is 60.7 Å². The number of aliphatic hydroxyl groups excluding tert-OH is 3. The Kier molecular flexibility index (Phi) is 6.47. The maximum atomic E-state index is 11.0. The summed E-state index contributed by atoms with van der Waals surface area (Å²) < 4.78 is 7.17. The van der Waals surface area contributed by atoms with Crippen molar-refractivity contribution >= 4 is 46.3 Å². The number of thioether (sulfide) groups is 1. The van der Waals surface area contributed by atoms with E-state index in [1.54, 1.807) is 24.4 Å². The van der Waals surface area contributed by atoms with Gasteiger partial charge in [-0.25, -0.2) is 4.68 Å². The molecule has 3 N–H and O–H groups in total. The number of aliphatic hydroxyl groups is 3. The van der Waals surface area contributed by atoms with Gasteiger partial charge in [0.2, 0.25) is 0 Å². The van der Waals surface area contributed by atoms with Crippen LogP contribution in [0.4, 0.5) is 0 Å². The maximum Gasteiger partial charge on any atom is 0.136 e. The number of ether oxygens (including phenoxy) is 1. The minimum absolute atomic E-state index is 0.383. The molecule has 154 valence electrons. The first kappa shape index (κ1) is 21.1. The second-order valence-electron chi connectivity index (χ2n) is 6.49. The summed E-state index contributed by atoms with van der Waals surface area (Å²) in [5, 5.41) is 44.2. The van der Waals surface area contributed by atoms with Crippen LogP contribution in [0.15, 0.2) is 46.1 Å². The van der Waals surface area contributed by atoms with Gasteiger partial charge in [0.1, 0.15) is 35.5 Å². The van der Waals surface area contributed by atoms with E-state index < -0.39 is 36.4 Å². The molecule has 1 aliphatic heterocycles. The molecule has 0 unspecified atom stereocenters. The lowest BCUT2D eigenvalue weighted by Crippen LogP contribution is -2.55. The molecule has 4 rings (SSSR count). The Labute approximate surface area is 184 Å². The third-order valence-corrected chi connectivity index (χ3v) is 7.20. The Bertz CT molecular complexity index is 972. The van der Waals surface area contributed by atoms with Crippen molar-refractivity contribution in [3.63, 3.8) is 0 Å². The number of rotatable bonds is 5. The molecule has 0 radical (unpaired) electrons. The minimum atomic E-state index is -1.17. The van der Waals surface area contributed by atoms with Crippen LogP contribution in [-0.2, 0) is 4.74 Å². The molecule has 0 aliphatic carbocycles. The molecule has 3 aromatic rings. The van der Waals surface area contributed by atoms with Gasteiger partial charge in [0.25, 0.3) is 0 Å². The average Bonchev–Trinajstić information content (AvgIpc) is 3.39. The van der Waals surface area contributed by atoms with Crippen LogP contribution in [0, 0.1) is 0 Å². The highest BCUT2D eigenvalue weighted by atomic mass is 35.5.